The molecule has 0 unspecified atom stereocenters. The fourth-order valence-electron chi connectivity index (χ4n) is 5.24. The Hall–Kier alpha value is -4.21. The summed E-state index contributed by atoms with van der Waals surface area (Å²) >= 11 is 5.90. The molecule has 9 heteroatoms. The summed E-state index contributed by atoms with van der Waals surface area (Å²) in [5.41, 5.74) is 5.17. The molecule has 1 aliphatic rings. The van der Waals surface area contributed by atoms with Gasteiger partial charge in [-0.05, 0) is 90.1 Å². The second kappa shape index (κ2) is 9.83. The molecular weight excluding hydrogens is 526 g/mol. The van der Waals surface area contributed by atoms with Crippen LogP contribution < -0.4 is 14.9 Å². The number of nitrogens with one attached hydrogen (secondary N) is 2. The summed E-state index contributed by atoms with van der Waals surface area (Å²) in [6, 6.07) is 30.0. The van der Waals surface area contributed by atoms with Crippen molar-refractivity contribution in [2.24, 2.45) is 0 Å². The normalized spacial score (nSPS) is 17.4. The molecule has 3 heterocycles. The number of thiocarbonyl (C=S) groups is 1. The van der Waals surface area contributed by atoms with Crippen molar-refractivity contribution in [2.75, 3.05) is 15.9 Å². The fourth-order valence-corrected chi connectivity index (χ4v) is 6.22. The van der Waals surface area contributed by atoms with Crippen molar-refractivity contribution in [2.45, 2.75) is 19.0 Å². The maximum absolute atomic E-state index is 11.8. The molecule has 6 rings (SSSR count). The number of hydrogen-bond acceptors (Lipinski definition) is 4. The van der Waals surface area contributed by atoms with Crippen LogP contribution in [0.4, 0.5) is 11.4 Å². The predicted octanol–water partition coefficient (Wildman–Crippen LogP) is 5.88. The number of pyridine rings is 1. The predicted molar refractivity (Wildman–Crippen MR) is 161 cm³/mol. The first kappa shape index (κ1) is 25.1. The molecule has 3 aromatic carbocycles. The Bertz CT molecular complexity index is 1800. The van der Waals surface area contributed by atoms with Crippen molar-refractivity contribution < 1.29 is 8.42 Å². The van der Waals surface area contributed by atoms with Crippen molar-refractivity contribution in [3.05, 3.63) is 120 Å². The molecule has 1 fully saturated rings. The largest absolute Gasteiger partial charge is 0.351 e. The molecule has 2 atom stereocenters. The van der Waals surface area contributed by atoms with E-state index in [4.69, 9.17) is 12.2 Å². The molecule has 0 saturated carbocycles. The summed E-state index contributed by atoms with van der Waals surface area (Å²) in [4.78, 5) is 6.76. The maximum atomic E-state index is 11.8. The van der Waals surface area contributed by atoms with Crippen LogP contribution in [-0.2, 0) is 10.0 Å². The van der Waals surface area contributed by atoms with Crippen molar-refractivity contribution in [3.63, 3.8) is 0 Å². The molecule has 7 nitrogen and oxygen atoms in total. The maximum Gasteiger partial charge on any atom is 0.229 e. The van der Waals surface area contributed by atoms with Crippen molar-refractivity contribution in [1.82, 2.24) is 14.9 Å². The zero-order valence-corrected chi connectivity index (χ0v) is 23.1. The molecule has 0 radical (unpaired) electrons. The highest BCUT2D eigenvalue weighted by Gasteiger charge is 2.42. The number of rotatable bonds is 6. The second-order valence-electron chi connectivity index (χ2n) is 9.70. The van der Waals surface area contributed by atoms with Gasteiger partial charge in [-0.15, -0.1) is 0 Å². The third-order valence-electron chi connectivity index (χ3n) is 6.98. The zero-order chi connectivity index (χ0) is 27.1. The third-order valence-corrected chi connectivity index (χ3v) is 7.88. The van der Waals surface area contributed by atoms with Gasteiger partial charge in [0, 0.05) is 29.5 Å². The van der Waals surface area contributed by atoms with Crippen LogP contribution in [0.2, 0.25) is 0 Å². The summed E-state index contributed by atoms with van der Waals surface area (Å²) in [7, 11) is -3.40. The lowest BCUT2D eigenvalue weighted by molar-refractivity contribution is 0.549. The van der Waals surface area contributed by atoms with Gasteiger partial charge in [-0.2, -0.15) is 0 Å². The van der Waals surface area contributed by atoms with E-state index in [0.717, 1.165) is 40.0 Å². The van der Waals surface area contributed by atoms with E-state index in [1.165, 1.54) is 5.39 Å². The first-order chi connectivity index (χ1) is 18.8. The van der Waals surface area contributed by atoms with Gasteiger partial charge < -0.3 is 14.8 Å². The SMILES string of the molecule is Cc1cc(N2C(=S)N[C@@H](c3ccccn3)[C@H]2c2cccn2-c2ccc3ccccc3c2)ccc1NS(C)(=O)=O. The highest BCUT2D eigenvalue weighted by Crippen LogP contribution is 2.43. The lowest BCUT2D eigenvalue weighted by Gasteiger charge is -2.29. The minimum Gasteiger partial charge on any atom is -0.351 e. The number of fused-ring (bicyclic) bond motifs is 1. The molecule has 1 aliphatic heterocycles. The number of hydrogen-bond donors (Lipinski definition) is 2. The van der Waals surface area contributed by atoms with Crippen LogP contribution in [0.1, 0.15) is 29.0 Å². The number of aryl methyl sites for hydroxylation is 1. The first-order valence-electron chi connectivity index (χ1n) is 12.5. The van der Waals surface area contributed by atoms with E-state index < -0.39 is 10.0 Å². The molecule has 5 aromatic rings. The summed E-state index contributed by atoms with van der Waals surface area (Å²) in [6.45, 7) is 1.88. The molecule has 196 valence electrons. The Kier molecular flexibility index (Phi) is 6.32. The van der Waals surface area contributed by atoms with Gasteiger partial charge in [0.15, 0.2) is 5.11 Å². The molecule has 0 amide bonds. The summed E-state index contributed by atoms with van der Waals surface area (Å²) < 4.78 is 28.5. The van der Waals surface area contributed by atoms with Gasteiger partial charge in [0.1, 0.15) is 6.04 Å². The number of anilines is 2. The van der Waals surface area contributed by atoms with Crippen LogP contribution in [0.5, 0.6) is 0 Å². The van der Waals surface area contributed by atoms with Gasteiger partial charge in [-0.1, -0.05) is 36.4 Å². The fraction of sp³-hybridized carbons (Fsp3) is 0.133. The minimum atomic E-state index is -3.40. The highest BCUT2D eigenvalue weighted by molar-refractivity contribution is 7.92. The van der Waals surface area contributed by atoms with Crippen LogP contribution in [0.25, 0.3) is 16.5 Å². The van der Waals surface area contributed by atoms with E-state index in [2.05, 4.69) is 67.1 Å². The Morgan fingerprint density at radius 2 is 1.67 bits per heavy atom. The van der Waals surface area contributed by atoms with E-state index in [1.54, 1.807) is 12.3 Å². The van der Waals surface area contributed by atoms with E-state index in [9.17, 15) is 8.42 Å². The van der Waals surface area contributed by atoms with Crippen molar-refractivity contribution in [3.8, 4) is 5.69 Å². The Morgan fingerprint density at radius 1 is 0.897 bits per heavy atom. The zero-order valence-electron chi connectivity index (χ0n) is 21.4. The molecule has 0 aliphatic carbocycles. The number of benzene rings is 3. The van der Waals surface area contributed by atoms with Gasteiger partial charge in [0.2, 0.25) is 10.0 Å². The quantitative estimate of drug-likeness (QED) is 0.256. The average molecular weight is 554 g/mol. The molecule has 0 bridgehead atoms. The standard InChI is InChI=1S/C30H27N5O2S2/c1-20-18-24(14-15-25(20)33-39(2,36)37)35-29(28(32-30(35)38)26-10-5-6-16-31-26)27-11-7-17-34(27)23-13-12-21-8-3-4-9-22(21)19-23/h3-19,28-29,33H,1-2H3,(H,32,38)/t28-,29+/m0/s1. The van der Waals surface area contributed by atoms with Crippen LogP contribution >= 0.6 is 12.2 Å². The van der Waals surface area contributed by atoms with Crippen LogP contribution in [0.15, 0.2) is 103 Å². The Labute approximate surface area is 233 Å². The molecular formula is C30H27N5O2S2. The number of sulfonamides is 1. The van der Waals surface area contributed by atoms with Crippen molar-refractivity contribution >= 4 is 49.5 Å². The lowest BCUT2D eigenvalue weighted by atomic mass is 10.00. The second-order valence-corrected chi connectivity index (χ2v) is 11.8. The van der Waals surface area contributed by atoms with E-state index in [0.29, 0.717) is 10.8 Å². The Morgan fingerprint density at radius 3 is 2.41 bits per heavy atom. The molecule has 39 heavy (non-hydrogen) atoms. The van der Waals surface area contributed by atoms with Gasteiger partial charge in [-0.3, -0.25) is 9.71 Å². The van der Waals surface area contributed by atoms with E-state index in [1.807, 2.05) is 55.5 Å². The number of nitrogens with zero attached hydrogens (tertiary/aromatic N) is 3. The topological polar surface area (TPSA) is 79.3 Å². The summed E-state index contributed by atoms with van der Waals surface area (Å²) in [5.74, 6) is 0. The van der Waals surface area contributed by atoms with E-state index in [-0.39, 0.29) is 12.1 Å². The molecule has 2 N–H and O–H groups in total. The monoisotopic (exact) mass is 553 g/mol. The minimum absolute atomic E-state index is 0.207. The van der Waals surface area contributed by atoms with Gasteiger partial charge in [-0.25, -0.2) is 8.42 Å². The van der Waals surface area contributed by atoms with Gasteiger partial charge in [0.05, 0.1) is 23.7 Å². The summed E-state index contributed by atoms with van der Waals surface area (Å²) in [5, 5.41) is 6.43. The first-order valence-corrected chi connectivity index (χ1v) is 14.8. The van der Waals surface area contributed by atoms with Gasteiger partial charge in [0.25, 0.3) is 0 Å². The van der Waals surface area contributed by atoms with Crippen molar-refractivity contribution in [1.29, 1.82) is 0 Å². The highest BCUT2D eigenvalue weighted by atomic mass is 32.2. The lowest BCUT2D eigenvalue weighted by Crippen LogP contribution is -2.30. The van der Waals surface area contributed by atoms with Gasteiger partial charge >= 0.3 is 0 Å². The van der Waals surface area contributed by atoms with Crippen LogP contribution in [-0.4, -0.2) is 29.3 Å². The molecule has 2 aromatic heterocycles. The summed E-state index contributed by atoms with van der Waals surface area (Å²) in [6.07, 6.45) is 5.01. The van der Waals surface area contributed by atoms with Crippen LogP contribution in [0.3, 0.4) is 0 Å². The van der Waals surface area contributed by atoms with Crippen LogP contribution in [0, 0.1) is 6.92 Å². The number of aromatic nitrogens is 2. The average Bonchev–Trinajstić information content (AvgIpc) is 3.54. The molecule has 1 saturated heterocycles. The smallest absolute Gasteiger partial charge is 0.229 e. The van der Waals surface area contributed by atoms with E-state index >= 15 is 0 Å². The third kappa shape index (κ3) is 4.86. The Balaban J connectivity index is 1.48. The molecule has 0 spiro atoms.